The number of carboxylic acid groups (broad SMARTS) is 2. The first kappa shape index (κ1) is 21.5. The number of carboxylic acids is 2. The van der Waals surface area contributed by atoms with E-state index in [9.17, 15) is 18.8 Å². The number of carbonyl (C=O) groups is 3. The van der Waals surface area contributed by atoms with Gasteiger partial charge in [0.25, 0.3) is 0 Å². The number of rotatable bonds is 6. The Morgan fingerprint density at radius 2 is 1.48 bits per heavy atom. The summed E-state index contributed by atoms with van der Waals surface area (Å²) in [5.41, 5.74) is 3.88. The average molecular weight is 313 g/mol. The Morgan fingerprint density at radius 3 is 1.67 bits per heavy atom. The molecule has 0 amide bonds. The van der Waals surface area contributed by atoms with Crippen LogP contribution in [0, 0.1) is 0 Å². The molecular formula is C11H20FNO8. The number of hydrogen-bond donors (Lipinski definition) is 5. The first-order chi connectivity index (χ1) is 9.33. The number of aliphatic hydroxyl groups is 2. The third-order valence-corrected chi connectivity index (χ3v) is 2.01. The van der Waals surface area contributed by atoms with Gasteiger partial charge in [0.15, 0.2) is 12.2 Å². The van der Waals surface area contributed by atoms with E-state index in [1.807, 2.05) is 0 Å². The first-order valence-corrected chi connectivity index (χ1v) is 5.67. The molecule has 0 unspecified atom stereocenters. The second-order valence-corrected chi connectivity index (χ2v) is 4.62. The summed E-state index contributed by atoms with van der Waals surface area (Å²) in [6, 6.07) is -0.861. The van der Waals surface area contributed by atoms with Gasteiger partial charge in [-0.15, -0.1) is 0 Å². The van der Waals surface area contributed by atoms with Crippen molar-refractivity contribution in [3.63, 3.8) is 0 Å². The highest BCUT2D eigenvalue weighted by molar-refractivity contribution is 5.83. The van der Waals surface area contributed by atoms with Gasteiger partial charge in [0, 0.05) is 6.42 Å². The number of alkyl halides is 1. The van der Waals surface area contributed by atoms with E-state index >= 15 is 0 Å². The van der Waals surface area contributed by atoms with Gasteiger partial charge in [0.1, 0.15) is 11.7 Å². The number of esters is 1. The summed E-state index contributed by atoms with van der Waals surface area (Å²) < 4.78 is 17.2. The molecule has 3 atom stereocenters. The maximum atomic E-state index is 12.8. The number of hydrogen-bond acceptors (Lipinski definition) is 7. The Balaban J connectivity index is 0. The molecule has 21 heavy (non-hydrogen) atoms. The van der Waals surface area contributed by atoms with Crippen molar-refractivity contribution in [1.82, 2.24) is 0 Å². The van der Waals surface area contributed by atoms with E-state index in [1.165, 1.54) is 21.0 Å². The van der Waals surface area contributed by atoms with Crippen LogP contribution in [0.1, 0.15) is 20.3 Å². The number of nitrogens with two attached hydrogens (primary N) is 1. The average Bonchev–Trinajstić information content (AvgIpc) is 2.34. The number of aliphatic hydroxyl groups excluding tert-OH is 2. The molecule has 10 heteroatoms. The Labute approximate surface area is 120 Å². The molecule has 124 valence electrons. The van der Waals surface area contributed by atoms with Crippen LogP contribution in [0.15, 0.2) is 0 Å². The molecule has 0 aliphatic carbocycles. The number of halogens is 1. The summed E-state index contributed by atoms with van der Waals surface area (Å²) in [6.07, 6.45) is -4.55. The fourth-order valence-electron chi connectivity index (χ4n) is 1.03. The molecule has 0 radical (unpaired) electrons. The maximum Gasteiger partial charge on any atom is 0.335 e. The Kier molecular flexibility index (Phi) is 9.44. The summed E-state index contributed by atoms with van der Waals surface area (Å²) in [5.74, 6) is -4.11. The minimum atomic E-state index is -2.27. The van der Waals surface area contributed by atoms with Crippen LogP contribution >= 0.6 is 0 Å². The zero-order chi connectivity index (χ0) is 17.4. The van der Waals surface area contributed by atoms with Crippen LogP contribution in [0.3, 0.4) is 0 Å². The zero-order valence-corrected chi connectivity index (χ0v) is 11.8. The van der Waals surface area contributed by atoms with Gasteiger partial charge in [-0.3, -0.25) is 4.79 Å². The lowest BCUT2D eigenvalue weighted by atomic mass is 10.0. The molecule has 6 N–H and O–H groups in total. The highest BCUT2D eigenvalue weighted by Crippen LogP contribution is 2.15. The van der Waals surface area contributed by atoms with Crippen LogP contribution in [-0.4, -0.2) is 69.4 Å². The Bertz CT molecular complexity index is 350. The van der Waals surface area contributed by atoms with Gasteiger partial charge < -0.3 is 30.9 Å². The topological polar surface area (TPSA) is 167 Å². The van der Waals surface area contributed by atoms with E-state index < -0.39 is 41.8 Å². The van der Waals surface area contributed by atoms with Crippen LogP contribution in [0.5, 0.6) is 0 Å². The third kappa shape index (κ3) is 10.6. The normalized spacial score (nSPS) is 15.0. The van der Waals surface area contributed by atoms with Crippen molar-refractivity contribution in [1.29, 1.82) is 0 Å². The highest BCUT2D eigenvalue weighted by Gasteiger charge is 2.29. The standard InChI is InChI=1S/C7H14FNO2.C4H6O6/c1-7(2,8)4-5(9)6(10)11-3;5-1(3(7)8)2(6)4(9)10/h5H,4,9H2,1-3H3;1-2,5-6H,(H,7,8)(H,9,10)/t5-;1-,2-/m01/s1. The molecule has 0 saturated heterocycles. The zero-order valence-electron chi connectivity index (χ0n) is 11.8. The van der Waals surface area contributed by atoms with E-state index in [4.69, 9.17) is 26.2 Å². The van der Waals surface area contributed by atoms with E-state index in [0.29, 0.717) is 0 Å². The highest BCUT2D eigenvalue weighted by atomic mass is 19.1. The van der Waals surface area contributed by atoms with Crippen molar-refractivity contribution in [2.45, 2.75) is 44.2 Å². The van der Waals surface area contributed by atoms with Gasteiger partial charge in [-0.2, -0.15) is 0 Å². The van der Waals surface area contributed by atoms with Crippen molar-refractivity contribution in [3.05, 3.63) is 0 Å². The molecule has 0 fully saturated rings. The summed E-state index contributed by atoms with van der Waals surface area (Å²) in [5, 5.41) is 32.5. The fraction of sp³-hybridized carbons (Fsp3) is 0.727. The van der Waals surface area contributed by atoms with Crippen molar-refractivity contribution >= 4 is 17.9 Å². The molecule has 0 heterocycles. The summed E-state index contributed by atoms with van der Waals surface area (Å²) in [6.45, 7) is 2.74. The second-order valence-electron chi connectivity index (χ2n) is 4.62. The molecule has 0 aliphatic rings. The minimum absolute atomic E-state index is 0.0142. The predicted molar refractivity (Wildman–Crippen MR) is 67.1 cm³/mol. The van der Waals surface area contributed by atoms with Gasteiger partial charge in [-0.1, -0.05) is 0 Å². The van der Waals surface area contributed by atoms with Gasteiger partial charge in [0.05, 0.1) is 7.11 Å². The lowest BCUT2D eigenvalue weighted by Gasteiger charge is -2.17. The van der Waals surface area contributed by atoms with Gasteiger partial charge in [-0.25, -0.2) is 14.0 Å². The largest absolute Gasteiger partial charge is 0.479 e. The molecular weight excluding hydrogens is 293 g/mol. The van der Waals surface area contributed by atoms with Crippen LogP contribution in [0.2, 0.25) is 0 Å². The summed E-state index contributed by atoms with van der Waals surface area (Å²) in [7, 11) is 1.23. The predicted octanol–water partition coefficient (Wildman–Crippen LogP) is -1.50. The number of aliphatic carboxylic acids is 2. The Hall–Kier alpha value is -1.78. The van der Waals surface area contributed by atoms with Gasteiger partial charge in [0.2, 0.25) is 0 Å². The molecule has 0 aromatic carbocycles. The lowest BCUT2D eigenvalue weighted by Crippen LogP contribution is -2.39. The fourth-order valence-corrected chi connectivity index (χ4v) is 1.03. The van der Waals surface area contributed by atoms with E-state index in [0.717, 1.165) is 0 Å². The number of methoxy groups -OCH3 is 1. The third-order valence-electron chi connectivity index (χ3n) is 2.01. The molecule has 0 aromatic heterocycles. The van der Waals surface area contributed by atoms with Crippen molar-refractivity contribution < 1.29 is 43.9 Å². The first-order valence-electron chi connectivity index (χ1n) is 5.67. The van der Waals surface area contributed by atoms with E-state index in [2.05, 4.69) is 4.74 Å². The monoisotopic (exact) mass is 313 g/mol. The second kappa shape index (κ2) is 9.21. The molecule has 0 spiro atoms. The van der Waals surface area contributed by atoms with Gasteiger partial charge in [-0.05, 0) is 13.8 Å². The molecule has 0 saturated carbocycles. The van der Waals surface area contributed by atoms with Crippen LogP contribution < -0.4 is 5.73 Å². The number of ether oxygens (including phenoxy) is 1. The van der Waals surface area contributed by atoms with E-state index in [1.54, 1.807) is 0 Å². The van der Waals surface area contributed by atoms with Crippen molar-refractivity contribution in [2.24, 2.45) is 5.73 Å². The Morgan fingerprint density at radius 1 is 1.14 bits per heavy atom. The lowest BCUT2D eigenvalue weighted by molar-refractivity contribution is -0.165. The van der Waals surface area contributed by atoms with Crippen LogP contribution in [-0.2, 0) is 19.1 Å². The molecule has 0 aliphatic heterocycles. The maximum absolute atomic E-state index is 12.8. The summed E-state index contributed by atoms with van der Waals surface area (Å²) in [4.78, 5) is 30.2. The summed E-state index contributed by atoms with van der Waals surface area (Å²) >= 11 is 0. The molecule has 0 aromatic rings. The van der Waals surface area contributed by atoms with Crippen molar-refractivity contribution in [3.8, 4) is 0 Å². The quantitative estimate of drug-likeness (QED) is 0.366. The van der Waals surface area contributed by atoms with E-state index in [-0.39, 0.29) is 6.42 Å². The van der Waals surface area contributed by atoms with Crippen molar-refractivity contribution in [2.75, 3.05) is 7.11 Å². The number of carbonyl (C=O) groups excluding carboxylic acids is 1. The molecule has 0 bridgehead atoms. The smallest absolute Gasteiger partial charge is 0.335 e. The molecule has 0 rings (SSSR count). The van der Waals surface area contributed by atoms with Crippen LogP contribution in [0.25, 0.3) is 0 Å². The molecule has 9 nitrogen and oxygen atoms in total. The minimum Gasteiger partial charge on any atom is -0.479 e. The SMILES string of the molecule is COC(=O)[C@@H](N)CC(C)(C)F.O=C(O)[C@H](O)[C@@H](O)C(=O)O. The van der Waals surface area contributed by atoms with Crippen LogP contribution in [0.4, 0.5) is 4.39 Å². The van der Waals surface area contributed by atoms with Gasteiger partial charge >= 0.3 is 17.9 Å².